The molecule has 0 bridgehead atoms. The van der Waals surface area contributed by atoms with E-state index in [-0.39, 0.29) is 57.6 Å². The van der Waals surface area contributed by atoms with E-state index in [2.05, 4.69) is 60.7 Å². The molecule has 121 valence electrons. The fraction of sp³-hybridized carbons (Fsp3) is 0.150. The monoisotopic (exact) mass is 433 g/mol. The molecule has 4 heteroatoms. The number of rotatable bonds is 3. The largest absolute Gasteiger partial charge is 3.00 e. The van der Waals surface area contributed by atoms with E-state index in [4.69, 9.17) is 0 Å². The van der Waals surface area contributed by atoms with Crippen molar-refractivity contribution in [1.29, 1.82) is 0 Å². The van der Waals surface area contributed by atoms with E-state index in [1.807, 2.05) is 0 Å². The van der Waals surface area contributed by atoms with Gasteiger partial charge in [0.05, 0.1) is 0 Å². The van der Waals surface area contributed by atoms with Gasteiger partial charge in [-0.3, -0.25) is 0 Å². The van der Waals surface area contributed by atoms with Gasteiger partial charge in [0.25, 0.3) is 0 Å². The van der Waals surface area contributed by atoms with Crippen LogP contribution >= 0.6 is 0 Å². The van der Waals surface area contributed by atoms with E-state index in [0.29, 0.717) is 0 Å². The summed E-state index contributed by atoms with van der Waals surface area (Å²) in [7, 11) is 0. The van der Waals surface area contributed by atoms with Crippen molar-refractivity contribution in [3.8, 4) is 0 Å². The molecule has 0 aromatic heterocycles. The predicted molar refractivity (Wildman–Crippen MR) is 89.4 cm³/mol. The first-order valence-corrected chi connectivity index (χ1v) is 7.45. The molecule has 1 aliphatic carbocycles. The third-order valence-electron chi connectivity index (χ3n) is 4.39. The number of fused-ring (bicyclic) bond motifs is 3. The van der Waals surface area contributed by atoms with Gasteiger partial charge in [-0.2, -0.15) is 0 Å². The maximum absolute atomic E-state index is 9.25. The van der Waals surface area contributed by atoms with Crippen molar-refractivity contribution in [2.24, 2.45) is 0 Å². The second-order valence-corrected chi connectivity index (χ2v) is 5.58. The molecule has 1 radical (unpaired) electrons. The topological polar surface area (TPSA) is 20.2 Å². The zero-order valence-corrected chi connectivity index (χ0v) is 17.1. The first-order valence-electron chi connectivity index (χ1n) is 7.45. The van der Waals surface area contributed by atoms with Crippen LogP contribution in [-0.2, 0) is 26.2 Å². The van der Waals surface area contributed by atoms with Gasteiger partial charge in [0, 0.05) is 6.61 Å². The van der Waals surface area contributed by atoms with Crippen LogP contribution in [0, 0.1) is 0 Å². The smallest absolute Gasteiger partial charge is 1.00 e. The number of aliphatic hydroxyl groups is 1. The standard InChI is InChI=1S/C20H17O.2ClH.Zr/c21-12-11-14-6-3-8-16(14)18-9-4-10-19-17-7-2-1-5-15(17)13-20(18)19;;;/h1-7,9-10,13,21H,8,11-12H2;2*1H;/q-1;;;+3/p-2. The quantitative estimate of drug-likeness (QED) is 0.514. The minimum atomic E-state index is 0. The second-order valence-electron chi connectivity index (χ2n) is 5.58. The van der Waals surface area contributed by atoms with Crippen LogP contribution in [0.4, 0.5) is 0 Å². The molecule has 0 amide bonds. The Balaban J connectivity index is 0.000000960. The minimum Gasteiger partial charge on any atom is -1.00 e. The molecular formula is C20H17Cl2OZr. The summed E-state index contributed by atoms with van der Waals surface area (Å²) >= 11 is 0. The molecule has 0 spiro atoms. The Morgan fingerprint density at radius 1 is 0.958 bits per heavy atom. The van der Waals surface area contributed by atoms with E-state index in [9.17, 15) is 5.11 Å². The zero-order valence-electron chi connectivity index (χ0n) is 13.1. The van der Waals surface area contributed by atoms with E-state index in [1.54, 1.807) is 0 Å². The summed E-state index contributed by atoms with van der Waals surface area (Å²) in [5.41, 5.74) is 3.96. The van der Waals surface area contributed by atoms with Crippen molar-refractivity contribution in [3.63, 3.8) is 0 Å². The molecule has 1 aliphatic rings. The summed E-state index contributed by atoms with van der Waals surface area (Å²) in [6, 6.07) is 17.4. The van der Waals surface area contributed by atoms with Crippen molar-refractivity contribution in [2.75, 3.05) is 6.61 Å². The number of aliphatic hydroxyl groups excluding tert-OH is 1. The summed E-state index contributed by atoms with van der Waals surface area (Å²) in [5, 5.41) is 14.5. The Hall–Kier alpha value is -0.787. The predicted octanol–water partition coefficient (Wildman–Crippen LogP) is -1.19. The number of allylic oxidation sites excluding steroid dienone is 3. The van der Waals surface area contributed by atoms with E-state index in [0.717, 1.165) is 12.8 Å². The van der Waals surface area contributed by atoms with Crippen molar-refractivity contribution in [1.82, 2.24) is 0 Å². The average molecular weight is 435 g/mol. The van der Waals surface area contributed by atoms with Gasteiger partial charge in [0.1, 0.15) is 0 Å². The van der Waals surface area contributed by atoms with Crippen molar-refractivity contribution in [2.45, 2.75) is 12.8 Å². The van der Waals surface area contributed by atoms with Crippen molar-refractivity contribution in [3.05, 3.63) is 71.8 Å². The third-order valence-corrected chi connectivity index (χ3v) is 4.39. The molecule has 0 heterocycles. The molecule has 0 saturated carbocycles. The summed E-state index contributed by atoms with van der Waals surface area (Å²) in [5.74, 6) is 0. The minimum absolute atomic E-state index is 0. The fourth-order valence-electron chi connectivity index (χ4n) is 3.43. The maximum atomic E-state index is 9.25. The van der Waals surface area contributed by atoms with Crippen LogP contribution in [0.2, 0.25) is 0 Å². The maximum Gasteiger partial charge on any atom is 3.00 e. The molecule has 24 heavy (non-hydrogen) atoms. The molecule has 0 saturated heterocycles. The van der Waals surface area contributed by atoms with Gasteiger partial charge < -0.3 is 29.9 Å². The molecular weight excluding hydrogens is 418 g/mol. The molecule has 3 aromatic carbocycles. The molecule has 1 N–H and O–H groups in total. The van der Waals surface area contributed by atoms with Gasteiger partial charge in [-0.05, 0) is 18.4 Å². The van der Waals surface area contributed by atoms with Crippen LogP contribution in [0.5, 0.6) is 0 Å². The normalized spacial score (nSPS) is 12.9. The molecule has 1 nitrogen and oxygen atoms in total. The molecule has 4 rings (SSSR count). The molecule has 0 atom stereocenters. The first-order chi connectivity index (χ1) is 10.4. The van der Waals surface area contributed by atoms with Crippen LogP contribution in [0.3, 0.4) is 0 Å². The average Bonchev–Trinajstić information content (AvgIpc) is 3.11. The number of halogens is 2. The Morgan fingerprint density at radius 3 is 2.50 bits per heavy atom. The Labute approximate surface area is 173 Å². The Morgan fingerprint density at radius 2 is 1.71 bits per heavy atom. The van der Waals surface area contributed by atoms with Gasteiger partial charge in [-0.25, -0.2) is 0 Å². The summed E-state index contributed by atoms with van der Waals surface area (Å²) < 4.78 is 0. The SMILES string of the molecule is OCCC1=C(c2cccc3c2[cH-]c2ccccc23)CC=C1.[Cl-].[Cl-].[Zr+3]. The number of hydrogen-bond acceptors (Lipinski definition) is 1. The molecule has 3 aromatic rings. The summed E-state index contributed by atoms with van der Waals surface area (Å²) in [4.78, 5) is 0. The third kappa shape index (κ3) is 3.58. The Kier molecular flexibility index (Phi) is 8.03. The van der Waals surface area contributed by atoms with Crippen LogP contribution in [0.1, 0.15) is 18.4 Å². The molecule has 0 unspecified atom stereocenters. The van der Waals surface area contributed by atoms with Gasteiger partial charge >= 0.3 is 26.2 Å². The zero-order chi connectivity index (χ0) is 14.2. The van der Waals surface area contributed by atoms with Gasteiger partial charge in [-0.15, -0.1) is 33.7 Å². The van der Waals surface area contributed by atoms with Gasteiger partial charge in [-0.1, -0.05) is 59.7 Å². The van der Waals surface area contributed by atoms with Crippen molar-refractivity contribution >= 4 is 27.1 Å². The van der Waals surface area contributed by atoms with Crippen LogP contribution in [0.25, 0.3) is 27.1 Å². The second kappa shape index (κ2) is 9.06. The van der Waals surface area contributed by atoms with E-state index < -0.39 is 0 Å². The molecule has 0 fully saturated rings. The number of hydrogen-bond donors (Lipinski definition) is 1. The van der Waals surface area contributed by atoms with Crippen LogP contribution in [0.15, 0.2) is 66.3 Å². The summed E-state index contributed by atoms with van der Waals surface area (Å²) in [6.07, 6.45) is 6.06. The van der Waals surface area contributed by atoms with Crippen molar-refractivity contribution < 1.29 is 56.1 Å². The van der Waals surface area contributed by atoms with Crippen LogP contribution < -0.4 is 24.8 Å². The van der Waals surface area contributed by atoms with E-state index in [1.165, 1.54) is 38.3 Å². The van der Waals surface area contributed by atoms with E-state index >= 15 is 0 Å². The van der Waals surface area contributed by atoms with Crippen LogP contribution in [-0.4, -0.2) is 11.7 Å². The fourth-order valence-corrected chi connectivity index (χ4v) is 3.43. The first kappa shape index (κ1) is 21.3. The molecule has 0 aliphatic heterocycles. The summed E-state index contributed by atoms with van der Waals surface area (Å²) in [6.45, 7) is 0.210. The van der Waals surface area contributed by atoms with Gasteiger partial charge in [0.2, 0.25) is 0 Å². The number of benzene rings is 2. The Bertz CT molecular complexity index is 893. The van der Waals surface area contributed by atoms with Gasteiger partial charge in [0.15, 0.2) is 0 Å².